The molecule has 1 fully saturated rings. The number of rotatable bonds is 4. The Balaban J connectivity index is 1.71. The molecule has 1 aliphatic rings. The first-order valence-electron chi connectivity index (χ1n) is 10.4. The van der Waals surface area contributed by atoms with Crippen LogP contribution in [0.4, 0.5) is 11.5 Å². The van der Waals surface area contributed by atoms with Crippen LogP contribution in [-0.2, 0) is 4.74 Å². The third-order valence-electron chi connectivity index (χ3n) is 5.81. The molecule has 0 radical (unpaired) electrons. The zero-order chi connectivity index (χ0) is 21.4. The second-order valence-corrected chi connectivity index (χ2v) is 8.08. The van der Waals surface area contributed by atoms with Crippen LogP contribution in [0.1, 0.15) is 5.56 Å². The Morgan fingerprint density at radius 1 is 1.03 bits per heavy atom. The molecular weight excluding hydrogens is 410 g/mol. The zero-order valence-corrected chi connectivity index (χ0v) is 18.3. The molecule has 0 spiro atoms. The van der Waals surface area contributed by atoms with Crippen LogP contribution in [-0.4, -0.2) is 48.3 Å². The summed E-state index contributed by atoms with van der Waals surface area (Å²) in [5.74, 6) is 0.948. The Labute approximate surface area is 186 Å². The summed E-state index contributed by atoms with van der Waals surface area (Å²) < 4.78 is 5.49. The molecular formula is C24H24ClN5O. The Bertz CT molecular complexity index is 1250. The number of ether oxygens (including phenoxy) is 1. The molecule has 1 aromatic carbocycles. The molecule has 0 unspecified atom stereocenters. The summed E-state index contributed by atoms with van der Waals surface area (Å²) in [4.78, 5) is 14.9. The average Bonchev–Trinajstić information content (AvgIpc) is 3.21. The van der Waals surface area contributed by atoms with Crippen molar-refractivity contribution in [2.24, 2.45) is 0 Å². The number of anilines is 2. The number of hydrogen-bond acceptors (Lipinski definition) is 5. The number of pyridine rings is 2. The first-order valence-corrected chi connectivity index (χ1v) is 10.8. The van der Waals surface area contributed by atoms with Crippen LogP contribution in [0.15, 0.2) is 48.8 Å². The number of nitrogens with one attached hydrogen (secondary N) is 2. The van der Waals surface area contributed by atoms with E-state index in [1.165, 1.54) is 5.56 Å². The van der Waals surface area contributed by atoms with Crippen molar-refractivity contribution in [2.45, 2.75) is 6.92 Å². The number of aryl methyl sites for hydroxylation is 1. The van der Waals surface area contributed by atoms with Gasteiger partial charge in [0, 0.05) is 54.7 Å². The van der Waals surface area contributed by atoms with Crippen molar-refractivity contribution in [3.63, 3.8) is 0 Å². The van der Waals surface area contributed by atoms with Crippen LogP contribution in [0.25, 0.3) is 33.4 Å². The first kappa shape index (κ1) is 19.8. The number of aromatic nitrogens is 3. The second-order valence-electron chi connectivity index (χ2n) is 7.67. The maximum atomic E-state index is 6.66. The summed E-state index contributed by atoms with van der Waals surface area (Å²) in [6.07, 6.45) is 3.59. The summed E-state index contributed by atoms with van der Waals surface area (Å²) >= 11 is 6.66. The van der Waals surface area contributed by atoms with E-state index in [-0.39, 0.29) is 0 Å². The van der Waals surface area contributed by atoms with Crippen LogP contribution in [0.2, 0.25) is 5.02 Å². The van der Waals surface area contributed by atoms with E-state index in [4.69, 9.17) is 16.3 Å². The Morgan fingerprint density at radius 2 is 1.84 bits per heavy atom. The second kappa shape index (κ2) is 8.21. The SMILES string of the molecule is CNc1cc(-c2c(-c3ccnc(N4CCOCC4)c3)[nH]c3nccc(Cl)c23)ccc1C. The Hall–Kier alpha value is -3.09. The molecule has 4 aromatic rings. The van der Waals surface area contributed by atoms with Gasteiger partial charge >= 0.3 is 0 Å². The molecule has 0 saturated carbocycles. The van der Waals surface area contributed by atoms with Gasteiger partial charge in [0.25, 0.3) is 0 Å². The molecule has 1 saturated heterocycles. The minimum atomic E-state index is 0.677. The molecule has 4 heterocycles. The van der Waals surface area contributed by atoms with E-state index in [1.807, 2.05) is 25.4 Å². The fourth-order valence-corrected chi connectivity index (χ4v) is 4.41. The maximum absolute atomic E-state index is 6.66. The Morgan fingerprint density at radius 3 is 2.65 bits per heavy atom. The molecule has 3 aromatic heterocycles. The third kappa shape index (κ3) is 3.62. The normalized spacial score (nSPS) is 14.2. The van der Waals surface area contributed by atoms with E-state index in [0.717, 1.165) is 71.2 Å². The number of aromatic amines is 1. The first-order chi connectivity index (χ1) is 15.2. The fourth-order valence-electron chi connectivity index (χ4n) is 4.17. The summed E-state index contributed by atoms with van der Waals surface area (Å²) in [5, 5.41) is 4.89. The van der Waals surface area contributed by atoms with Gasteiger partial charge in [0.1, 0.15) is 11.5 Å². The molecule has 0 amide bonds. The molecule has 31 heavy (non-hydrogen) atoms. The van der Waals surface area contributed by atoms with Gasteiger partial charge in [0.2, 0.25) is 0 Å². The van der Waals surface area contributed by atoms with Crippen LogP contribution in [0.3, 0.4) is 0 Å². The number of nitrogens with zero attached hydrogens (tertiary/aromatic N) is 3. The summed E-state index contributed by atoms with van der Waals surface area (Å²) in [7, 11) is 1.94. The molecule has 6 nitrogen and oxygen atoms in total. The highest BCUT2D eigenvalue weighted by molar-refractivity contribution is 6.36. The lowest BCUT2D eigenvalue weighted by Crippen LogP contribution is -2.36. The smallest absolute Gasteiger partial charge is 0.139 e. The van der Waals surface area contributed by atoms with Gasteiger partial charge in [-0.15, -0.1) is 0 Å². The summed E-state index contributed by atoms with van der Waals surface area (Å²) in [6.45, 7) is 5.22. The van der Waals surface area contributed by atoms with E-state index in [9.17, 15) is 0 Å². The van der Waals surface area contributed by atoms with Crippen molar-refractivity contribution in [1.82, 2.24) is 15.0 Å². The quantitative estimate of drug-likeness (QED) is 0.467. The highest BCUT2D eigenvalue weighted by Gasteiger charge is 2.20. The van der Waals surface area contributed by atoms with E-state index in [0.29, 0.717) is 5.02 Å². The number of halogens is 1. The largest absolute Gasteiger partial charge is 0.388 e. The standard InChI is InChI=1S/C24H24ClN5O/c1-15-3-4-16(13-19(15)26-2)21-22-18(25)6-8-28-24(22)29-23(21)17-5-7-27-20(14-17)30-9-11-31-12-10-30/h3-8,13-14,26H,9-12H2,1-2H3,(H,28,29). The van der Waals surface area contributed by atoms with Crippen LogP contribution >= 0.6 is 11.6 Å². The minimum absolute atomic E-state index is 0.677. The third-order valence-corrected chi connectivity index (χ3v) is 6.12. The number of morpholine rings is 1. The van der Waals surface area contributed by atoms with Crippen molar-refractivity contribution in [3.8, 4) is 22.4 Å². The van der Waals surface area contributed by atoms with Gasteiger partial charge in [0.15, 0.2) is 0 Å². The number of benzene rings is 1. The van der Waals surface area contributed by atoms with Gasteiger partial charge < -0.3 is 19.9 Å². The molecule has 2 N–H and O–H groups in total. The van der Waals surface area contributed by atoms with Crippen molar-refractivity contribution in [2.75, 3.05) is 43.6 Å². The highest BCUT2D eigenvalue weighted by atomic mass is 35.5. The zero-order valence-electron chi connectivity index (χ0n) is 17.6. The maximum Gasteiger partial charge on any atom is 0.139 e. The van der Waals surface area contributed by atoms with Gasteiger partial charge in [-0.3, -0.25) is 0 Å². The van der Waals surface area contributed by atoms with Gasteiger partial charge in [0.05, 0.1) is 23.9 Å². The fraction of sp³-hybridized carbons (Fsp3) is 0.250. The molecule has 5 rings (SSSR count). The topological polar surface area (TPSA) is 66.1 Å². The van der Waals surface area contributed by atoms with Crippen molar-refractivity contribution < 1.29 is 4.74 Å². The molecule has 7 heteroatoms. The molecule has 0 aliphatic carbocycles. The monoisotopic (exact) mass is 433 g/mol. The number of hydrogen-bond donors (Lipinski definition) is 2. The average molecular weight is 434 g/mol. The Kier molecular flexibility index (Phi) is 5.26. The number of H-pyrrole nitrogens is 1. The molecule has 0 atom stereocenters. The van der Waals surface area contributed by atoms with Gasteiger partial charge in [-0.25, -0.2) is 9.97 Å². The lowest BCUT2D eigenvalue weighted by atomic mass is 9.97. The predicted molar refractivity (Wildman–Crippen MR) is 127 cm³/mol. The van der Waals surface area contributed by atoms with Crippen LogP contribution in [0.5, 0.6) is 0 Å². The van der Waals surface area contributed by atoms with Gasteiger partial charge in [-0.2, -0.15) is 0 Å². The summed E-state index contributed by atoms with van der Waals surface area (Å²) in [6, 6.07) is 12.4. The van der Waals surface area contributed by atoms with Crippen LogP contribution < -0.4 is 10.2 Å². The van der Waals surface area contributed by atoms with E-state index >= 15 is 0 Å². The molecule has 0 bridgehead atoms. The van der Waals surface area contributed by atoms with Crippen molar-refractivity contribution >= 4 is 34.1 Å². The molecule has 1 aliphatic heterocycles. The highest BCUT2D eigenvalue weighted by Crippen LogP contribution is 2.42. The van der Waals surface area contributed by atoms with Gasteiger partial charge in [-0.1, -0.05) is 23.7 Å². The lowest BCUT2D eigenvalue weighted by Gasteiger charge is -2.28. The lowest BCUT2D eigenvalue weighted by molar-refractivity contribution is 0.122. The predicted octanol–water partition coefficient (Wildman–Crippen LogP) is 5.13. The number of fused-ring (bicyclic) bond motifs is 1. The van der Waals surface area contributed by atoms with E-state index in [2.05, 4.69) is 56.4 Å². The van der Waals surface area contributed by atoms with E-state index in [1.54, 1.807) is 6.20 Å². The van der Waals surface area contributed by atoms with Gasteiger partial charge in [-0.05, 0) is 42.3 Å². The van der Waals surface area contributed by atoms with Crippen molar-refractivity contribution in [3.05, 3.63) is 59.4 Å². The van der Waals surface area contributed by atoms with E-state index < -0.39 is 0 Å². The summed E-state index contributed by atoms with van der Waals surface area (Å²) in [5.41, 5.74) is 7.20. The van der Waals surface area contributed by atoms with Crippen molar-refractivity contribution in [1.29, 1.82) is 0 Å². The van der Waals surface area contributed by atoms with Crippen LogP contribution in [0, 0.1) is 6.92 Å². The minimum Gasteiger partial charge on any atom is -0.388 e. The molecule has 158 valence electrons.